The Kier molecular flexibility index (Phi) is 1.50. The molecule has 0 radical (unpaired) electrons. The van der Waals surface area contributed by atoms with Crippen molar-refractivity contribution in [2.24, 2.45) is 0 Å². The number of benzene rings is 1. The van der Waals surface area contributed by atoms with E-state index < -0.39 is 0 Å². The van der Waals surface area contributed by atoms with Gasteiger partial charge in [-0.15, -0.1) is 0 Å². The Bertz CT molecular complexity index is 558. The average Bonchev–Trinajstić information content (AvgIpc) is 2.88. The molecule has 4 nitrogen and oxygen atoms in total. The third kappa shape index (κ3) is 1.06. The first kappa shape index (κ1) is 7.49. The standard InChI is InChI=1S/C9H6BN3O/c1-2-8(13-4-3-11-12-13)5-9-7(1)6-10-14-9/h1-6H. The van der Waals surface area contributed by atoms with E-state index in [9.17, 15) is 0 Å². The van der Waals surface area contributed by atoms with Gasteiger partial charge >= 0.3 is 79.7 Å². The van der Waals surface area contributed by atoms with Gasteiger partial charge in [-0.2, -0.15) is 0 Å². The quantitative estimate of drug-likeness (QED) is 0.571. The fourth-order valence-corrected chi connectivity index (χ4v) is 1.43. The molecule has 2 heterocycles. The predicted octanol–water partition coefficient (Wildman–Crippen LogP) is 1.35. The first-order chi connectivity index (χ1) is 6.93. The van der Waals surface area contributed by atoms with Gasteiger partial charge in [0.2, 0.25) is 0 Å². The molecule has 0 N–H and O–H groups in total. The topological polar surface area (TPSA) is 43.9 Å². The number of hydrogen-bond acceptors (Lipinski definition) is 3. The van der Waals surface area contributed by atoms with Gasteiger partial charge in [-0.3, -0.25) is 0 Å². The molecule has 14 heavy (non-hydrogen) atoms. The number of aromatic nitrogens is 3. The summed E-state index contributed by atoms with van der Waals surface area (Å²) in [6.07, 6.45) is 3.44. The number of fused-ring (bicyclic) bond motifs is 1. The van der Waals surface area contributed by atoms with Gasteiger partial charge in [0.1, 0.15) is 0 Å². The summed E-state index contributed by atoms with van der Waals surface area (Å²) in [6, 6.07) is 5.91. The number of nitrogens with zero attached hydrogens (tertiary/aromatic N) is 3. The molecule has 0 unspecified atom stereocenters. The van der Waals surface area contributed by atoms with E-state index in [1.54, 1.807) is 24.2 Å². The normalized spacial score (nSPS) is 10.6. The van der Waals surface area contributed by atoms with E-state index in [1.165, 1.54) is 0 Å². The van der Waals surface area contributed by atoms with Crippen LogP contribution >= 0.6 is 0 Å². The summed E-state index contributed by atoms with van der Waals surface area (Å²) in [7, 11) is 1.68. The Morgan fingerprint density at radius 2 is 2.36 bits per heavy atom. The van der Waals surface area contributed by atoms with Crippen molar-refractivity contribution in [1.29, 1.82) is 0 Å². The van der Waals surface area contributed by atoms with Crippen LogP contribution in [-0.4, -0.2) is 22.1 Å². The molecule has 0 aliphatic carbocycles. The van der Waals surface area contributed by atoms with Crippen molar-refractivity contribution >= 4 is 18.1 Å². The fourth-order valence-electron chi connectivity index (χ4n) is 1.43. The van der Waals surface area contributed by atoms with Crippen LogP contribution in [0.15, 0.2) is 40.9 Å². The molecule has 5 heteroatoms. The third-order valence-electron chi connectivity index (χ3n) is 2.13. The first-order valence-corrected chi connectivity index (χ1v) is 4.27. The van der Waals surface area contributed by atoms with E-state index in [1.807, 2.05) is 24.2 Å². The SMILES string of the molecule is b1cc2ccc(-n3ccnn3)cc2o1. The van der Waals surface area contributed by atoms with Crippen molar-refractivity contribution < 1.29 is 4.33 Å². The van der Waals surface area contributed by atoms with Crippen molar-refractivity contribution in [2.75, 3.05) is 0 Å². The molecule has 0 saturated heterocycles. The van der Waals surface area contributed by atoms with Crippen molar-refractivity contribution in [3.8, 4) is 5.69 Å². The zero-order valence-electron chi connectivity index (χ0n) is 7.29. The van der Waals surface area contributed by atoms with E-state index in [0.29, 0.717) is 0 Å². The van der Waals surface area contributed by atoms with E-state index in [-0.39, 0.29) is 0 Å². The predicted molar refractivity (Wildman–Crippen MR) is 52.5 cm³/mol. The minimum absolute atomic E-state index is 0.859. The number of rotatable bonds is 1. The molecule has 0 amide bonds. The van der Waals surface area contributed by atoms with Gasteiger partial charge in [0.05, 0.1) is 0 Å². The Balaban J connectivity index is 2.23. The summed E-state index contributed by atoms with van der Waals surface area (Å²) < 4.78 is 6.99. The molecule has 0 saturated carbocycles. The molecule has 66 valence electrons. The fraction of sp³-hybridized carbons (Fsp3) is 0. The van der Waals surface area contributed by atoms with Gasteiger partial charge in [0.15, 0.2) is 0 Å². The number of hydrogen-bond donors (Lipinski definition) is 0. The third-order valence-corrected chi connectivity index (χ3v) is 2.13. The summed E-state index contributed by atoms with van der Waals surface area (Å²) in [4.78, 5) is 0. The molecule has 2 aromatic heterocycles. The van der Waals surface area contributed by atoms with Gasteiger partial charge in [0, 0.05) is 0 Å². The Hall–Kier alpha value is -1.91. The molecule has 3 aromatic rings. The summed E-state index contributed by atoms with van der Waals surface area (Å²) in [5.41, 5.74) is 1.81. The molecule has 0 aliphatic heterocycles. The molecule has 0 bridgehead atoms. The van der Waals surface area contributed by atoms with Crippen LogP contribution in [0.1, 0.15) is 0 Å². The van der Waals surface area contributed by atoms with Gasteiger partial charge in [-0.1, -0.05) is 0 Å². The second kappa shape index (κ2) is 2.80. The van der Waals surface area contributed by atoms with Crippen molar-refractivity contribution in [3.05, 3.63) is 36.6 Å². The van der Waals surface area contributed by atoms with Crippen LogP contribution in [-0.2, 0) is 0 Å². The second-order valence-corrected chi connectivity index (χ2v) is 2.99. The molecule has 3 rings (SSSR count). The monoisotopic (exact) mass is 183 g/mol. The van der Waals surface area contributed by atoms with E-state index in [2.05, 4.69) is 10.3 Å². The zero-order chi connectivity index (χ0) is 9.38. The van der Waals surface area contributed by atoms with Crippen molar-refractivity contribution in [3.63, 3.8) is 0 Å². The Labute approximate surface area is 80.4 Å². The Morgan fingerprint density at radius 1 is 1.36 bits per heavy atom. The molecule has 0 fully saturated rings. The van der Waals surface area contributed by atoms with Crippen molar-refractivity contribution in [1.82, 2.24) is 15.0 Å². The molecular weight excluding hydrogens is 177 g/mol. The van der Waals surface area contributed by atoms with Gasteiger partial charge in [-0.25, -0.2) is 0 Å². The van der Waals surface area contributed by atoms with E-state index in [4.69, 9.17) is 4.33 Å². The minimum atomic E-state index is 0.859. The molecule has 1 aromatic carbocycles. The zero-order valence-corrected chi connectivity index (χ0v) is 7.29. The molecular formula is C9H6BN3O. The van der Waals surface area contributed by atoms with Crippen molar-refractivity contribution in [2.45, 2.75) is 0 Å². The Morgan fingerprint density at radius 3 is 3.21 bits per heavy atom. The van der Waals surface area contributed by atoms with Crippen LogP contribution < -0.4 is 0 Å². The second-order valence-electron chi connectivity index (χ2n) is 2.99. The summed E-state index contributed by atoms with van der Waals surface area (Å²) in [5, 5.41) is 8.74. The van der Waals surface area contributed by atoms with Gasteiger partial charge in [-0.05, 0) is 0 Å². The summed E-state index contributed by atoms with van der Waals surface area (Å²) >= 11 is 0. The van der Waals surface area contributed by atoms with Gasteiger partial charge < -0.3 is 0 Å². The van der Waals surface area contributed by atoms with Crippen LogP contribution in [0.2, 0.25) is 0 Å². The van der Waals surface area contributed by atoms with Gasteiger partial charge in [0.25, 0.3) is 0 Å². The molecule has 0 spiro atoms. The van der Waals surface area contributed by atoms with Crippen LogP contribution in [0.5, 0.6) is 0 Å². The maximum absolute atomic E-state index is 5.30. The van der Waals surface area contributed by atoms with E-state index >= 15 is 0 Å². The van der Waals surface area contributed by atoms with Crippen LogP contribution in [0, 0.1) is 0 Å². The summed E-state index contributed by atoms with van der Waals surface area (Å²) in [6.45, 7) is 0. The van der Waals surface area contributed by atoms with Crippen LogP contribution in [0.3, 0.4) is 0 Å². The van der Waals surface area contributed by atoms with Crippen LogP contribution in [0.25, 0.3) is 16.7 Å². The molecule has 0 atom stereocenters. The molecule has 0 aliphatic rings. The average molecular weight is 183 g/mol. The first-order valence-electron chi connectivity index (χ1n) is 4.27. The van der Waals surface area contributed by atoms with Crippen LogP contribution in [0.4, 0.5) is 0 Å². The summed E-state index contributed by atoms with van der Waals surface area (Å²) in [5.74, 6) is 1.93. The van der Waals surface area contributed by atoms with E-state index in [0.717, 1.165) is 16.7 Å². The maximum atomic E-state index is 5.30.